The van der Waals surface area contributed by atoms with Crippen LogP contribution >= 0.6 is 0 Å². The van der Waals surface area contributed by atoms with Gasteiger partial charge in [0.05, 0.1) is 0 Å². The summed E-state index contributed by atoms with van der Waals surface area (Å²) >= 11 is 0. The van der Waals surface area contributed by atoms with Crippen LogP contribution in [0.15, 0.2) is 0 Å². The second-order valence-electron chi connectivity index (χ2n) is 10.4. The number of unbranched alkanes of at least 4 members (excludes halogenated alkanes) is 21. The molecular weight excluding hydrogens is 406 g/mol. The van der Waals surface area contributed by atoms with Crippen molar-refractivity contribution in [2.45, 2.75) is 161 Å². The summed E-state index contributed by atoms with van der Waals surface area (Å²) in [5.41, 5.74) is 0. The number of nitrogens with zero attached hydrogens (tertiary/aromatic N) is 1. The van der Waals surface area contributed by atoms with Crippen LogP contribution in [0.5, 0.6) is 0 Å². The van der Waals surface area contributed by atoms with Gasteiger partial charge in [-0.05, 0) is 25.8 Å². The molecule has 3 heteroatoms. The van der Waals surface area contributed by atoms with Gasteiger partial charge in [-0.3, -0.25) is 0 Å². The fourth-order valence-corrected chi connectivity index (χ4v) is 4.87. The molecule has 2 N–H and O–H groups in total. The summed E-state index contributed by atoms with van der Waals surface area (Å²) in [6, 6.07) is 0. The first-order chi connectivity index (χ1) is 16.3. The summed E-state index contributed by atoms with van der Waals surface area (Å²) in [4.78, 5) is 2.41. The lowest BCUT2D eigenvalue weighted by Gasteiger charge is -2.21. The Bertz CT molecular complexity index is 329. The third kappa shape index (κ3) is 28.0. The Labute approximate surface area is 209 Å². The molecule has 0 rings (SSSR count). The third-order valence-electron chi connectivity index (χ3n) is 7.09. The van der Waals surface area contributed by atoms with Crippen molar-refractivity contribution >= 4 is 0 Å². The summed E-state index contributed by atoms with van der Waals surface area (Å²) in [5.74, 6) is 0. The molecule has 0 radical (unpaired) electrons. The maximum Gasteiger partial charge on any atom is 0.0443 e. The molecular formula is C30H63NO2. The van der Waals surface area contributed by atoms with Gasteiger partial charge in [-0.2, -0.15) is 0 Å². The minimum Gasteiger partial charge on any atom is -0.396 e. The van der Waals surface area contributed by atoms with E-state index in [4.69, 9.17) is 10.2 Å². The fourth-order valence-electron chi connectivity index (χ4n) is 4.87. The fraction of sp³-hybridized carbons (Fsp3) is 1.00. The quantitative estimate of drug-likeness (QED) is 0.108. The Morgan fingerprint density at radius 2 is 0.576 bits per heavy atom. The van der Waals surface area contributed by atoms with Gasteiger partial charge in [0.25, 0.3) is 0 Å². The summed E-state index contributed by atoms with van der Waals surface area (Å²) in [6.07, 6.45) is 33.2. The molecule has 0 fully saturated rings. The van der Waals surface area contributed by atoms with Crippen molar-refractivity contribution in [2.75, 3.05) is 32.8 Å². The van der Waals surface area contributed by atoms with Crippen molar-refractivity contribution in [1.82, 2.24) is 4.90 Å². The van der Waals surface area contributed by atoms with Gasteiger partial charge >= 0.3 is 0 Å². The SMILES string of the molecule is CCCCCCCCCCCCCCCCCCCCCCCCN(CCCO)CCCO. The first kappa shape index (κ1) is 32.9. The van der Waals surface area contributed by atoms with Crippen LogP contribution in [0.25, 0.3) is 0 Å². The van der Waals surface area contributed by atoms with E-state index in [-0.39, 0.29) is 13.2 Å². The molecule has 0 aliphatic heterocycles. The smallest absolute Gasteiger partial charge is 0.0443 e. The molecule has 0 heterocycles. The summed E-state index contributed by atoms with van der Waals surface area (Å²) in [7, 11) is 0. The number of hydrogen-bond donors (Lipinski definition) is 2. The Balaban J connectivity index is 3.19. The van der Waals surface area contributed by atoms with Crippen molar-refractivity contribution < 1.29 is 10.2 Å². The lowest BCUT2D eigenvalue weighted by Crippen LogP contribution is -2.28. The molecule has 0 aromatic rings. The molecule has 0 unspecified atom stereocenters. The zero-order valence-electron chi connectivity index (χ0n) is 22.8. The van der Waals surface area contributed by atoms with E-state index in [9.17, 15) is 0 Å². The Kier molecular flexibility index (Phi) is 29.8. The molecule has 33 heavy (non-hydrogen) atoms. The van der Waals surface area contributed by atoms with E-state index < -0.39 is 0 Å². The zero-order valence-corrected chi connectivity index (χ0v) is 22.8. The van der Waals surface area contributed by atoms with Crippen molar-refractivity contribution in [3.8, 4) is 0 Å². The first-order valence-corrected chi connectivity index (χ1v) is 15.3. The zero-order chi connectivity index (χ0) is 24.1. The molecule has 3 nitrogen and oxygen atoms in total. The number of hydrogen-bond acceptors (Lipinski definition) is 3. The highest BCUT2D eigenvalue weighted by Gasteiger charge is 2.04. The van der Waals surface area contributed by atoms with Crippen LogP contribution in [0.2, 0.25) is 0 Å². The van der Waals surface area contributed by atoms with E-state index in [1.54, 1.807) is 0 Å². The predicted molar refractivity (Wildman–Crippen MR) is 147 cm³/mol. The van der Waals surface area contributed by atoms with Gasteiger partial charge in [-0.1, -0.05) is 142 Å². The van der Waals surface area contributed by atoms with Gasteiger partial charge in [-0.25, -0.2) is 0 Å². The highest BCUT2D eigenvalue weighted by molar-refractivity contribution is 4.59. The average molecular weight is 470 g/mol. The van der Waals surface area contributed by atoms with Crippen molar-refractivity contribution in [1.29, 1.82) is 0 Å². The second-order valence-corrected chi connectivity index (χ2v) is 10.4. The maximum absolute atomic E-state index is 9.02. The molecule has 0 atom stereocenters. The molecule has 0 saturated carbocycles. The molecule has 0 saturated heterocycles. The topological polar surface area (TPSA) is 43.7 Å². The van der Waals surface area contributed by atoms with Gasteiger partial charge < -0.3 is 15.1 Å². The minimum absolute atomic E-state index is 0.273. The Morgan fingerprint density at radius 1 is 0.333 bits per heavy atom. The van der Waals surface area contributed by atoms with E-state index in [0.717, 1.165) is 32.5 Å². The molecule has 200 valence electrons. The monoisotopic (exact) mass is 469 g/mol. The summed E-state index contributed by atoms with van der Waals surface area (Å²) < 4.78 is 0. The maximum atomic E-state index is 9.02. The van der Waals surface area contributed by atoms with Gasteiger partial charge in [-0.15, -0.1) is 0 Å². The van der Waals surface area contributed by atoms with Crippen LogP contribution in [0.4, 0.5) is 0 Å². The molecule has 0 aliphatic rings. The standard InChI is InChI=1S/C30H63NO2/c1-2-3-4-5-6-7-8-9-10-11-12-13-14-15-16-17-18-19-20-21-22-23-26-31(27-24-29-32)28-25-30-33/h32-33H,2-30H2,1H3. The normalized spacial score (nSPS) is 11.6. The Morgan fingerprint density at radius 3 is 0.848 bits per heavy atom. The lowest BCUT2D eigenvalue weighted by atomic mass is 10.0. The van der Waals surface area contributed by atoms with Crippen LogP contribution < -0.4 is 0 Å². The van der Waals surface area contributed by atoms with Crippen LogP contribution in [0.1, 0.15) is 161 Å². The van der Waals surface area contributed by atoms with Crippen LogP contribution in [0, 0.1) is 0 Å². The van der Waals surface area contributed by atoms with Crippen molar-refractivity contribution in [3.63, 3.8) is 0 Å². The van der Waals surface area contributed by atoms with Crippen LogP contribution in [-0.4, -0.2) is 48.0 Å². The van der Waals surface area contributed by atoms with Gasteiger partial charge in [0.1, 0.15) is 0 Å². The van der Waals surface area contributed by atoms with E-state index in [1.807, 2.05) is 0 Å². The largest absolute Gasteiger partial charge is 0.396 e. The molecule has 0 aromatic carbocycles. The van der Waals surface area contributed by atoms with Crippen molar-refractivity contribution in [3.05, 3.63) is 0 Å². The molecule has 0 spiro atoms. The van der Waals surface area contributed by atoms with Crippen LogP contribution in [0.3, 0.4) is 0 Å². The highest BCUT2D eigenvalue weighted by atomic mass is 16.3. The van der Waals surface area contributed by atoms with E-state index >= 15 is 0 Å². The average Bonchev–Trinajstić information content (AvgIpc) is 2.83. The number of rotatable bonds is 29. The summed E-state index contributed by atoms with van der Waals surface area (Å²) in [5, 5.41) is 18.0. The molecule has 0 aromatic heterocycles. The van der Waals surface area contributed by atoms with Gasteiger partial charge in [0, 0.05) is 26.3 Å². The van der Waals surface area contributed by atoms with Crippen molar-refractivity contribution in [2.24, 2.45) is 0 Å². The Hall–Kier alpha value is -0.120. The number of aliphatic hydroxyl groups excluding tert-OH is 2. The second kappa shape index (κ2) is 29.9. The number of aliphatic hydroxyl groups is 2. The van der Waals surface area contributed by atoms with Gasteiger partial charge in [0.15, 0.2) is 0 Å². The minimum atomic E-state index is 0.273. The summed E-state index contributed by atoms with van der Waals surface area (Å²) in [6.45, 7) is 5.90. The third-order valence-corrected chi connectivity index (χ3v) is 7.09. The van der Waals surface area contributed by atoms with Gasteiger partial charge in [0.2, 0.25) is 0 Å². The first-order valence-electron chi connectivity index (χ1n) is 15.3. The van der Waals surface area contributed by atoms with E-state index in [2.05, 4.69) is 11.8 Å². The molecule has 0 bridgehead atoms. The van der Waals surface area contributed by atoms with Crippen LogP contribution in [-0.2, 0) is 0 Å². The molecule has 0 amide bonds. The highest BCUT2D eigenvalue weighted by Crippen LogP contribution is 2.15. The predicted octanol–water partition coefficient (Wildman–Crippen LogP) is 8.66. The molecule has 0 aliphatic carbocycles. The lowest BCUT2D eigenvalue weighted by molar-refractivity contribution is 0.199. The van der Waals surface area contributed by atoms with E-state index in [0.29, 0.717) is 0 Å². The van der Waals surface area contributed by atoms with E-state index in [1.165, 1.54) is 141 Å².